The first-order valence-corrected chi connectivity index (χ1v) is 8.72. The lowest BCUT2D eigenvalue weighted by Crippen LogP contribution is -2.19. The molecule has 2 N–H and O–H groups in total. The average molecular weight is 289 g/mol. The minimum absolute atomic E-state index is 0.146. The Morgan fingerprint density at radius 2 is 2.28 bits per heavy atom. The van der Waals surface area contributed by atoms with Crippen LogP contribution in [0.15, 0.2) is 5.38 Å². The molecule has 0 spiro atoms. The highest BCUT2D eigenvalue weighted by atomic mass is 32.2. The van der Waals surface area contributed by atoms with Gasteiger partial charge in [0, 0.05) is 11.4 Å². The molecule has 1 heterocycles. The third-order valence-electron chi connectivity index (χ3n) is 2.87. The number of aromatic nitrogens is 1. The van der Waals surface area contributed by atoms with Crippen LogP contribution >= 0.6 is 11.3 Å². The molecule has 1 aliphatic carbocycles. The van der Waals surface area contributed by atoms with Crippen molar-refractivity contribution in [3.8, 4) is 0 Å². The van der Waals surface area contributed by atoms with Crippen LogP contribution in [0.25, 0.3) is 0 Å². The third-order valence-corrected chi connectivity index (χ3v) is 5.19. The number of hydrogen-bond donors (Lipinski definition) is 2. The first kappa shape index (κ1) is 13.8. The maximum absolute atomic E-state index is 11.8. The largest absolute Gasteiger partial charge is 0.309 e. The molecule has 1 saturated carbocycles. The molecule has 7 heteroatoms. The predicted molar refractivity (Wildman–Crippen MR) is 74.3 cm³/mol. The third kappa shape index (κ3) is 3.93. The summed E-state index contributed by atoms with van der Waals surface area (Å²) in [4.78, 5) is 4.31. The van der Waals surface area contributed by atoms with Crippen LogP contribution in [0.1, 0.15) is 38.4 Å². The van der Waals surface area contributed by atoms with Gasteiger partial charge in [0.05, 0.1) is 11.4 Å². The molecule has 1 aromatic heterocycles. The molecule has 1 aliphatic rings. The molecule has 5 nitrogen and oxygen atoms in total. The van der Waals surface area contributed by atoms with E-state index >= 15 is 0 Å². The molecule has 0 amide bonds. The van der Waals surface area contributed by atoms with Crippen molar-refractivity contribution in [2.75, 3.05) is 17.0 Å². The Morgan fingerprint density at radius 3 is 2.89 bits per heavy atom. The highest BCUT2D eigenvalue weighted by Crippen LogP contribution is 2.31. The maximum Gasteiger partial charge on any atom is 0.234 e. The van der Waals surface area contributed by atoms with Gasteiger partial charge in [-0.05, 0) is 32.2 Å². The molecule has 0 bridgehead atoms. The van der Waals surface area contributed by atoms with Crippen molar-refractivity contribution in [1.82, 2.24) is 10.3 Å². The monoisotopic (exact) mass is 289 g/mol. The minimum atomic E-state index is -3.22. The van der Waals surface area contributed by atoms with E-state index in [0.29, 0.717) is 11.0 Å². The summed E-state index contributed by atoms with van der Waals surface area (Å²) in [5.41, 5.74) is 0.881. The molecular formula is C11H19N3O2S2. The number of sulfonamides is 1. The van der Waals surface area contributed by atoms with E-state index in [0.717, 1.165) is 25.1 Å². The van der Waals surface area contributed by atoms with Crippen molar-refractivity contribution >= 4 is 26.5 Å². The molecule has 0 aliphatic heterocycles. The Hall–Kier alpha value is -0.660. The van der Waals surface area contributed by atoms with E-state index in [4.69, 9.17) is 0 Å². The highest BCUT2D eigenvalue weighted by molar-refractivity contribution is 7.92. The Balaban J connectivity index is 1.97. The van der Waals surface area contributed by atoms with Crippen molar-refractivity contribution in [2.24, 2.45) is 5.92 Å². The highest BCUT2D eigenvalue weighted by Gasteiger charge is 2.28. The van der Waals surface area contributed by atoms with Crippen LogP contribution < -0.4 is 10.0 Å². The number of anilines is 1. The van der Waals surface area contributed by atoms with E-state index in [1.807, 2.05) is 19.2 Å². The maximum atomic E-state index is 11.8. The van der Waals surface area contributed by atoms with E-state index < -0.39 is 10.0 Å². The van der Waals surface area contributed by atoms with Gasteiger partial charge in [-0.25, -0.2) is 13.4 Å². The lowest BCUT2D eigenvalue weighted by Gasteiger charge is -2.08. The van der Waals surface area contributed by atoms with E-state index in [9.17, 15) is 8.42 Å². The lowest BCUT2D eigenvalue weighted by molar-refractivity contribution is 0.586. The number of nitrogens with zero attached hydrogens (tertiary/aromatic N) is 1. The molecule has 0 radical (unpaired) electrons. The van der Waals surface area contributed by atoms with Gasteiger partial charge in [0.15, 0.2) is 5.13 Å². The zero-order chi connectivity index (χ0) is 13.2. The Morgan fingerprint density at radius 1 is 1.56 bits per heavy atom. The molecule has 102 valence electrons. The van der Waals surface area contributed by atoms with Gasteiger partial charge >= 0.3 is 0 Å². The fourth-order valence-corrected chi connectivity index (χ4v) is 4.28. The van der Waals surface area contributed by atoms with E-state index in [1.165, 1.54) is 11.3 Å². The van der Waals surface area contributed by atoms with Crippen molar-refractivity contribution in [3.05, 3.63) is 11.1 Å². The van der Waals surface area contributed by atoms with Crippen LogP contribution in [0.3, 0.4) is 0 Å². The Labute approximate surface area is 112 Å². The van der Waals surface area contributed by atoms with Gasteiger partial charge in [0.1, 0.15) is 0 Å². The molecule has 1 fully saturated rings. The van der Waals surface area contributed by atoms with E-state index in [-0.39, 0.29) is 11.8 Å². The van der Waals surface area contributed by atoms with Crippen LogP contribution in [0.4, 0.5) is 5.13 Å². The molecular weight excluding hydrogens is 270 g/mol. The van der Waals surface area contributed by atoms with Crippen molar-refractivity contribution in [1.29, 1.82) is 0 Å². The quantitative estimate of drug-likeness (QED) is 0.805. The Kier molecular flexibility index (Phi) is 4.24. The molecule has 0 saturated heterocycles. The van der Waals surface area contributed by atoms with Gasteiger partial charge in [-0.3, -0.25) is 4.72 Å². The smallest absolute Gasteiger partial charge is 0.234 e. The second kappa shape index (κ2) is 5.54. The number of thiazole rings is 1. The number of nitrogens with one attached hydrogen (secondary N) is 2. The topological polar surface area (TPSA) is 71.1 Å². The molecule has 1 unspecified atom stereocenters. The fraction of sp³-hybridized carbons (Fsp3) is 0.727. The average Bonchev–Trinajstić information content (AvgIpc) is 2.94. The first-order chi connectivity index (χ1) is 8.50. The zero-order valence-electron chi connectivity index (χ0n) is 10.6. The van der Waals surface area contributed by atoms with Gasteiger partial charge < -0.3 is 5.32 Å². The number of hydrogen-bond acceptors (Lipinski definition) is 5. The van der Waals surface area contributed by atoms with Gasteiger partial charge in [-0.15, -0.1) is 11.3 Å². The van der Waals surface area contributed by atoms with Gasteiger partial charge in [0.25, 0.3) is 0 Å². The van der Waals surface area contributed by atoms with Gasteiger partial charge in [-0.2, -0.15) is 0 Å². The standard InChI is InChI=1S/C11H19N3O2S2/c1-3-12-8(2)10-6-17-11(13-10)14-18(15,16)7-9-4-5-9/h6,8-9,12H,3-5,7H2,1-2H3,(H,13,14). The van der Waals surface area contributed by atoms with E-state index in [1.54, 1.807) is 0 Å². The molecule has 1 atom stereocenters. The molecule has 1 aromatic rings. The minimum Gasteiger partial charge on any atom is -0.309 e. The second-order valence-electron chi connectivity index (χ2n) is 4.68. The summed E-state index contributed by atoms with van der Waals surface area (Å²) < 4.78 is 26.1. The summed E-state index contributed by atoms with van der Waals surface area (Å²) in [6.07, 6.45) is 2.06. The molecule has 0 aromatic carbocycles. The zero-order valence-corrected chi connectivity index (χ0v) is 12.3. The summed E-state index contributed by atoms with van der Waals surface area (Å²) in [7, 11) is -3.22. The van der Waals surface area contributed by atoms with Gasteiger partial charge in [-0.1, -0.05) is 6.92 Å². The summed E-state index contributed by atoms with van der Waals surface area (Å²) >= 11 is 1.34. The SMILES string of the molecule is CCNC(C)c1csc(NS(=O)(=O)CC2CC2)n1. The van der Waals surface area contributed by atoms with Crippen LogP contribution in [0.2, 0.25) is 0 Å². The summed E-state index contributed by atoms with van der Waals surface area (Å²) in [5.74, 6) is 0.577. The predicted octanol–water partition coefficient (Wildman–Crippen LogP) is 1.97. The normalized spacial score (nSPS) is 17.7. The molecule has 18 heavy (non-hydrogen) atoms. The fourth-order valence-electron chi connectivity index (χ4n) is 1.71. The van der Waals surface area contributed by atoms with Crippen LogP contribution in [0, 0.1) is 5.92 Å². The van der Waals surface area contributed by atoms with E-state index in [2.05, 4.69) is 15.0 Å². The van der Waals surface area contributed by atoms with Gasteiger partial charge in [0.2, 0.25) is 10.0 Å². The lowest BCUT2D eigenvalue weighted by atomic mass is 10.3. The van der Waals surface area contributed by atoms with Crippen molar-refractivity contribution in [3.63, 3.8) is 0 Å². The first-order valence-electron chi connectivity index (χ1n) is 6.19. The number of rotatable bonds is 7. The summed E-state index contributed by atoms with van der Waals surface area (Å²) in [6.45, 7) is 4.91. The summed E-state index contributed by atoms with van der Waals surface area (Å²) in [5, 5.41) is 5.61. The van der Waals surface area contributed by atoms with Crippen LogP contribution in [-0.2, 0) is 10.0 Å². The van der Waals surface area contributed by atoms with Crippen molar-refractivity contribution < 1.29 is 8.42 Å². The summed E-state index contributed by atoms with van der Waals surface area (Å²) in [6, 6.07) is 0.146. The molecule has 2 rings (SSSR count). The Bertz CT molecular complexity index is 494. The second-order valence-corrected chi connectivity index (χ2v) is 7.31. The van der Waals surface area contributed by atoms with Crippen LogP contribution in [-0.4, -0.2) is 25.7 Å². The van der Waals surface area contributed by atoms with Crippen molar-refractivity contribution in [2.45, 2.75) is 32.7 Å². The van der Waals surface area contributed by atoms with Crippen LogP contribution in [0.5, 0.6) is 0 Å².